The van der Waals surface area contributed by atoms with Gasteiger partial charge in [0.15, 0.2) is 0 Å². The van der Waals surface area contributed by atoms with Crippen molar-refractivity contribution in [2.75, 3.05) is 148 Å². The molecule has 17 nitrogen and oxygen atoms in total. The van der Waals surface area contributed by atoms with E-state index >= 15 is 0 Å². The number of nitriles is 2. The van der Waals surface area contributed by atoms with Crippen molar-refractivity contribution in [3.05, 3.63) is 79.0 Å². The summed E-state index contributed by atoms with van der Waals surface area (Å²) in [6.07, 6.45) is 11.9. The molecule has 0 aromatic rings. The average molecular weight is 1120 g/mol. The first-order valence-electron chi connectivity index (χ1n) is 30.0. The second-order valence-corrected chi connectivity index (χ2v) is 27.0. The Hall–Kier alpha value is -5.80. The Kier molecular flexibility index (Phi) is 22.6. The van der Waals surface area contributed by atoms with Gasteiger partial charge in [0, 0.05) is 108 Å². The molecule has 0 unspecified atom stereocenters. The van der Waals surface area contributed by atoms with Crippen LogP contribution in [0.5, 0.6) is 0 Å². The molecule has 6 aliphatic rings. The van der Waals surface area contributed by atoms with Crippen LogP contribution in [0.25, 0.3) is 4.85 Å². The van der Waals surface area contributed by atoms with Gasteiger partial charge in [0.2, 0.25) is 0 Å². The predicted octanol–water partition coefficient (Wildman–Crippen LogP) is 8.80. The lowest BCUT2D eigenvalue weighted by molar-refractivity contribution is -0.148. The van der Waals surface area contributed by atoms with Gasteiger partial charge in [-0.15, -0.1) is 0 Å². The molecule has 0 aromatic heterocycles. The van der Waals surface area contributed by atoms with Crippen LogP contribution < -0.4 is 0 Å². The summed E-state index contributed by atoms with van der Waals surface area (Å²) in [5.74, 6) is -3.38. The maximum absolute atomic E-state index is 14.7. The minimum Gasteiger partial charge on any atom is -0.470 e. The molecule has 3 aliphatic carbocycles. The van der Waals surface area contributed by atoms with E-state index in [2.05, 4.69) is 97.7 Å². The zero-order valence-corrected chi connectivity index (χ0v) is 52.2. The van der Waals surface area contributed by atoms with E-state index in [1.165, 1.54) is 5.70 Å². The van der Waals surface area contributed by atoms with Crippen LogP contribution >= 0.6 is 0 Å². The quantitative estimate of drug-likeness (QED) is 0.0297. The Morgan fingerprint density at radius 1 is 0.519 bits per heavy atom. The van der Waals surface area contributed by atoms with Gasteiger partial charge in [0.1, 0.15) is 36.5 Å². The molecule has 0 spiro atoms. The summed E-state index contributed by atoms with van der Waals surface area (Å²) in [6, 6.07) is 4.53. The largest absolute Gasteiger partial charge is 0.470 e. The lowest BCUT2D eigenvalue weighted by Gasteiger charge is -2.42. The Bertz CT molecular complexity index is 2490. The van der Waals surface area contributed by atoms with Crippen molar-refractivity contribution < 1.29 is 28.6 Å². The Balaban J connectivity index is 1.39. The molecule has 81 heavy (non-hydrogen) atoms. The van der Waals surface area contributed by atoms with Crippen molar-refractivity contribution in [3.8, 4) is 12.1 Å². The second-order valence-electron chi connectivity index (χ2n) is 27.0. The second kappa shape index (κ2) is 28.5. The number of hydrogen-bond acceptors (Lipinski definition) is 16. The number of rotatable bonds is 24. The van der Waals surface area contributed by atoms with Crippen molar-refractivity contribution in [2.45, 2.75) is 131 Å². The predicted molar refractivity (Wildman–Crippen MR) is 318 cm³/mol. The first-order valence-corrected chi connectivity index (χ1v) is 30.0. The molecule has 0 radical (unpaired) electrons. The van der Waals surface area contributed by atoms with E-state index in [-0.39, 0.29) is 52.9 Å². The highest BCUT2D eigenvalue weighted by molar-refractivity contribution is 5.96. The van der Waals surface area contributed by atoms with Gasteiger partial charge < -0.3 is 53.4 Å². The summed E-state index contributed by atoms with van der Waals surface area (Å²) >= 11 is 0. The Morgan fingerprint density at radius 2 is 0.864 bits per heavy atom. The maximum atomic E-state index is 14.7. The number of carbonyl (C=O) groups excluding carboxylic acids is 3. The fourth-order valence-corrected chi connectivity index (χ4v) is 12.8. The molecule has 3 heterocycles. The van der Waals surface area contributed by atoms with Crippen molar-refractivity contribution >= 4 is 17.9 Å². The third kappa shape index (κ3) is 17.1. The standard InChI is InChI=1S/C64H99N11O6/c1-62(2)35-48(47(23-22-24-68(8)9)53(38-62)73-25-16-17-26-73)56(67-7)61(78)81-45-46(43-79-59(76)51(41-65)49-36-63(3,4)39-54(74-27-18-19-28-74)57(49)71(14)33-31-69(10)11)44-80-60(77)52(42-66)50-37-64(5,6)40-55(75-29-20-21-30-75)58(50)72(15)34-32-70(12)13/h46H,16-40,43-45H2,1-6,8-15H3/b51-49+,52-50+,56-48-. The van der Waals surface area contributed by atoms with Gasteiger partial charge in [0.25, 0.3) is 5.70 Å². The normalized spacial score (nSPS) is 21.9. The number of hydrogen-bond donors (Lipinski definition) is 0. The van der Waals surface area contributed by atoms with Gasteiger partial charge in [-0.05, 0) is 166 Å². The van der Waals surface area contributed by atoms with Crippen LogP contribution in [-0.4, -0.2) is 205 Å². The molecule has 6 rings (SSSR count). The summed E-state index contributed by atoms with van der Waals surface area (Å²) in [5.41, 5.74) is 7.25. The summed E-state index contributed by atoms with van der Waals surface area (Å²) < 4.78 is 18.5. The van der Waals surface area contributed by atoms with E-state index in [1.807, 2.05) is 56.4 Å². The molecule has 3 fully saturated rings. The van der Waals surface area contributed by atoms with E-state index in [4.69, 9.17) is 20.8 Å². The zero-order chi connectivity index (χ0) is 59.4. The fourth-order valence-electron chi connectivity index (χ4n) is 12.8. The van der Waals surface area contributed by atoms with E-state index < -0.39 is 23.8 Å². The molecule has 0 bridgehead atoms. The fraction of sp³-hybridized carbons (Fsp3) is 0.719. The maximum Gasteiger partial charge on any atom is 0.349 e. The highest BCUT2D eigenvalue weighted by atomic mass is 16.6. The topological polar surface area (TPSA) is 157 Å². The van der Waals surface area contributed by atoms with Crippen LogP contribution in [-0.2, 0) is 28.6 Å². The number of likely N-dealkylation sites (tertiary alicyclic amines) is 3. The van der Waals surface area contributed by atoms with Crippen molar-refractivity contribution in [1.82, 2.24) is 39.2 Å². The van der Waals surface area contributed by atoms with Crippen LogP contribution in [0.3, 0.4) is 0 Å². The van der Waals surface area contributed by atoms with Crippen LogP contribution in [0.1, 0.15) is 131 Å². The van der Waals surface area contributed by atoms with Crippen molar-refractivity contribution in [3.63, 3.8) is 0 Å². The van der Waals surface area contributed by atoms with Crippen LogP contribution in [0.15, 0.2) is 67.6 Å². The number of esters is 3. The van der Waals surface area contributed by atoms with Gasteiger partial charge in [-0.25, -0.2) is 14.4 Å². The summed E-state index contributed by atoms with van der Waals surface area (Å²) in [5, 5.41) is 22.0. The molecule has 3 saturated heterocycles. The number of ether oxygens (including phenoxy) is 3. The number of likely N-dealkylation sites (N-methyl/N-ethyl adjacent to an activating group) is 4. The molecule has 3 aliphatic heterocycles. The Morgan fingerprint density at radius 3 is 1.22 bits per heavy atom. The average Bonchev–Trinajstić information content (AvgIpc) is 4.40. The Labute approximate surface area is 487 Å². The van der Waals surface area contributed by atoms with Crippen molar-refractivity contribution in [1.29, 1.82) is 10.5 Å². The molecule has 446 valence electrons. The van der Waals surface area contributed by atoms with Gasteiger partial charge in [0.05, 0.1) is 30.5 Å². The lowest BCUT2D eigenvalue weighted by atomic mass is 9.72. The summed E-state index contributed by atoms with van der Waals surface area (Å²) in [4.78, 5) is 65.9. The van der Waals surface area contributed by atoms with Crippen molar-refractivity contribution in [2.24, 2.45) is 22.2 Å². The number of allylic oxidation sites excluding steroid dienone is 7. The van der Waals surface area contributed by atoms with Gasteiger partial charge in [-0.1, -0.05) is 41.5 Å². The summed E-state index contributed by atoms with van der Waals surface area (Å²) in [6.45, 7) is 29.6. The molecule has 0 atom stereocenters. The van der Waals surface area contributed by atoms with E-state index in [0.29, 0.717) is 55.5 Å². The van der Waals surface area contributed by atoms with Gasteiger partial charge in [-0.3, -0.25) is 4.79 Å². The minimum atomic E-state index is -0.937. The molecule has 0 N–H and O–H groups in total. The lowest BCUT2D eigenvalue weighted by Crippen LogP contribution is -2.38. The number of carbonyl (C=O) groups is 3. The van der Waals surface area contributed by atoms with Gasteiger partial charge in [-0.2, -0.15) is 10.5 Å². The zero-order valence-electron chi connectivity index (χ0n) is 52.2. The molecular formula is C64H99N11O6. The van der Waals surface area contributed by atoms with E-state index in [0.717, 1.165) is 151 Å². The first kappa shape index (κ1) is 64.4. The number of nitrogens with zero attached hydrogens (tertiary/aromatic N) is 11. The monoisotopic (exact) mass is 1120 g/mol. The first-order chi connectivity index (χ1) is 38.3. The van der Waals surface area contributed by atoms with Crippen LogP contribution in [0, 0.1) is 51.4 Å². The third-order valence-electron chi connectivity index (χ3n) is 16.9. The van der Waals surface area contributed by atoms with E-state index in [9.17, 15) is 24.9 Å². The molecular weight excluding hydrogens is 1020 g/mol. The van der Waals surface area contributed by atoms with Gasteiger partial charge >= 0.3 is 17.9 Å². The van der Waals surface area contributed by atoms with E-state index in [1.54, 1.807) is 0 Å². The molecule has 0 amide bonds. The molecule has 0 aromatic carbocycles. The van der Waals surface area contributed by atoms with Crippen LogP contribution in [0.4, 0.5) is 0 Å². The molecule has 17 heteroatoms. The highest BCUT2D eigenvalue weighted by Crippen LogP contribution is 2.49. The van der Waals surface area contributed by atoms with Crippen LogP contribution in [0.2, 0.25) is 0 Å². The highest BCUT2D eigenvalue weighted by Gasteiger charge is 2.41. The SMILES string of the molecule is [C-]#[N+]/C(C(=O)OCC(COC(=O)/C(C#N)=C1\CC(C)(C)CC(N2CCCC2)=C1N(C)CCN(C)C)COC(=O)/C(C#N)=C1\CC(C)(C)CC(N2CCCC2)=C1N(C)CCN(C)C)=C1/CC(C)(C)CC(N2CCCC2)=C1CCCN(C)C. The smallest absolute Gasteiger partial charge is 0.349 e. The molecule has 0 saturated carbocycles. The third-order valence-corrected chi connectivity index (χ3v) is 16.9. The summed E-state index contributed by atoms with van der Waals surface area (Å²) in [7, 11) is 16.2. The minimum absolute atomic E-state index is 0.0714.